The van der Waals surface area contributed by atoms with Gasteiger partial charge in [0.2, 0.25) is 0 Å². The lowest BCUT2D eigenvalue weighted by Gasteiger charge is -2.16. The standard InChI is InChI=1S/C24H24FN3O2/c25-19-12-10-16(11-13-19)14-18-8-4-5-9-20-22(18)27-28-23(20)24(30)26-21(15-29)17-6-2-1-3-7-17/h1-3,6-7,10-14,21,29H,4-5,8-9,15H2,(H,26,30)(H,27,28)/b18-14+/t21-/m1/s1. The lowest BCUT2D eigenvalue weighted by Crippen LogP contribution is -2.31. The molecule has 0 fully saturated rings. The fourth-order valence-corrected chi connectivity index (χ4v) is 3.85. The third kappa shape index (κ3) is 4.33. The average Bonchev–Trinajstić information content (AvgIpc) is 3.10. The minimum atomic E-state index is -0.488. The van der Waals surface area contributed by atoms with Crippen LogP contribution < -0.4 is 5.32 Å². The molecule has 0 radical (unpaired) electrons. The Bertz CT molecular complexity index is 1040. The van der Waals surface area contributed by atoms with Crippen LogP contribution in [0.5, 0.6) is 0 Å². The fraction of sp³-hybridized carbons (Fsp3) is 0.250. The Labute approximate surface area is 174 Å². The van der Waals surface area contributed by atoms with Crippen molar-refractivity contribution in [1.29, 1.82) is 0 Å². The third-order valence-electron chi connectivity index (χ3n) is 5.42. The molecule has 30 heavy (non-hydrogen) atoms. The van der Waals surface area contributed by atoms with Crippen LogP contribution in [0, 0.1) is 5.82 Å². The molecule has 1 atom stereocenters. The van der Waals surface area contributed by atoms with E-state index in [1.54, 1.807) is 12.1 Å². The number of hydrogen-bond acceptors (Lipinski definition) is 3. The summed E-state index contributed by atoms with van der Waals surface area (Å²) in [4.78, 5) is 13.0. The Morgan fingerprint density at radius 3 is 2.60 bits per heavy atom. The quantitative estimate of drug-likeness (QED) is 0.555. The van der Waals surface area contributed by atoms with Crippen molar-refractivity contribution < 1.29 is 14.3 Å². The van der Waals surface area contributed by atoms with E-state index in [0.29, 0.717) is 5.69 Å². The molecule has 1 aliphatic carbocycles. The maximum Gasteiger partial charge on any atom is 0.270 e. The molecule has 1 amide bonds. The van der Waals surface area contributed by atoms with Crippen LogP contribution in [-0.4, -0.2) is 27.8 Å². The Kier molecular flexibility index (Phi) is 6.05. The first-order valence-electron chi connectivity index (χ1n) is 10.2. The average molecular weight is 405 g/mol. The van der Waals surface area contributed by atoms with E-state index in [0.717, 1.165) is 53.6 Å². The van der Waals surface area contributed by atoms with Crippen molar-refractivity contribution in [2.45, 2.75) is 31.7 Å². The molecule has 0 aliphatic heterocycles. The van der Waals surface area contributed by atoms with Gasteiger partial charge in [-0.3, -0.25) is 9.89 Å². The highest BCUT2D eigenvalue weighted by Gasteiger charge is 2.25. The van der Waals surface area contributed by atoms with E-state index in [9.17, 15) is 14.3 Å². The number of H-pyrrole nitrogens is 1. The minimum absolute atomic E-state index is 0.193. The summed E-state index contributed by atoms with van der Waals surface area (Å²) in [5, 5.41) is 20.0. The van der Waals surface area contributed by atoms with Crippen molar-refractivity contribution >= 4 is 17.6 Å². The summed E-state index contributed by atoms with van der Waals surface area (Å²) in [5.74, 6) is -0.552. The zero-order valence-electron chi connectivity index (χ0n) is 16.6. The largest absolute Gasteiger partial charge is 0.394 e. The van der Waals surface area contributed by atoms with Crippen LogP contribution in [0.15, 0.2) is 54.6 Å². The van der Waals surface area contributed by atoms with Gasteiger partial charge in [-0.2, -0.15) is 5.10 Å². The summed E-state index contributed by atoms with van der Waals surface area (Å²) in [6.45, 7) is -0.193. The number of hydrogen-bond donors (Lipinski definition) is 3. The molecule has 5 nitrogen and oxygen atoms in total. The molecular formula is C24H24FN3O2. The molecule has 0 spiro atoms. The predicted octanol–water partition coefficient (Wildman–Crippen LogP) is 4.28. The van der Waals surface area contributed by atoms with Gasteiger partial charge in [-0.05, 0) is 60.6 Å². The number of amides is 1. The van der Waals surface area contributed by atoms with Crippen LogP contribution in [0.1, 0.15) is 58.2 Å². The van der Waals surface area contributed by atoms with Gasteiger partial charge in [-0.15, -0.1) is 0 Å². The number of allylic oxidation sites excluding steroid dienone is 1. The Balaban J connectivity index is 1.61. The van der Waals surface area contributed by atoms with E-state index in [-0.39, 0.29) is 18.3 Å². The first kappa shape index (κ1) is 20.0. The molecule has 3 aromatic rings. The SMILES string of the molecule is O=C(N[C@H](CO)c1ccccc1)c1[nH]nc2c1CCCC/C2=C\c1ccc(F)cc1. The normalized spacial score (nSPS) is 16.0. The van der Waals surface area contributed by atoms with E-state index < -0.39 is 6.04 Å². The summed E-state index contributed by atoms with van der Waals surface area (Å²) in [6.07, 6.45) is 5.56. The van der Waals surface area contributed by atoms with Gasteiger partial charge in [0.15, 0.2) is 0 Å². The van der Waals surface area contributed by atoms with Crippen molar-refractivity contribution in [2.75, 3.05) is 6.61 Å². The highest BCUT2D eigenvalue weighted by molar-refractivity contribution is 5.96. The number of aromatic amines is 1. The van der Waals surface area contributed by atoms with Gasteiger partial charge in [-0.25, -0.2) is 4.39 Å². The number of rotatable bonds is 5. The highest BCUT2D eigenvalue weighted by atomic mass is 19.1. The third-order valence-corrected chi connectivity index (χ3v) is 5.42. The lowest BCUT2D eigenvalue weighted by atomic mass is 10.0. The zero-order chi connectivity index (χ0) is 20.9. The molecule has 1 heterocycles. The van der Waals surface area contributed by atoms with Gasteiger partial charge < -0.3 is 10.4 Å². The number of fused-ring (bicyclic) bond motifs is 1. The molecule has 0 unspecified atom stereocenters. The van der Waals surface area contributed by atoms with Crippen molar-refractivity contribution in [2.24, 2.45) is 0 Å². The van der Waals surface area contributed by atoms with Gasteiger partial charge >= 0.3 is 0 Å². The summed E-state index contributed by atoms with van der Waals surface area (Å²) in [5.41, 5.74) is 4.90. The summed E-state index contributed by atoms with van der Waals surface area (Å²) < 4.78 is 13.2. The molecule has 0 bridgehead atoms. The van der Waals surface area contributed by atoms with Crippen LogP contribution >= 0.6 is 0 Å². The number of benzene rings is 2. The molecule has 154 valence electrons. The van der Waals surface area contributed by atoms with Crippen LogP contribution in [0.3, 0.4) is 0 Å². The van der Waals surface area contributed by atoms with E-state index in [1.807, 2.05) is 36.4 Å². The first-order valence-corrected chi connectivity index (χ1v) is 10.2. The number of carbonyl (C=O) groups is 1. The van der Waals surface area contributed by atoms with Gasteiger partial charge in [0.25, 0.3) is 5.91 Å². The number of aliphatic hydroxyl groups excluding tert-OH is 1. The zero-order valence-corrected chi connectivity index (χ0v) is 16.6. The van der Waals surface area contributed by atoms with Crippen LogP contribution in [0.25, 0.3) is 11.6 Å². The molecule has 1 aromatic heterocycles. The van der Waals surface area contributed by atoms with Gasteiger partial charge in [-0.1, -0.05) is 42.5 Å². The maximum absolute atomic E-state index is 13.2. The van der Waals surface area contributed by atoms with Crippen molar-refractivity contribution in [3.05, 3.63) is 88.5 Å². The van der Waals surface area contributed by atoms with E-state index in [4.69, 9.17) is 0 Å². The second-order valence-electron chi connectivity index (χ2n) is 7.47. The van der Waals surface area contributed by atoms with Gasteiger partial charge in [0.1, 0.15) is 11.5 Å². The maximum atomic E-state index is 13.2. The lowest BCUT2D eigenvalue weighted by molar-refractivity contribution is 0.0910. The second-order valence-corrected chi connectivity index (χ2v) is 7.47. The van der Waals surface area contributed by atoms with E-state index >= 15 is 0 Å². The van der Waals surface area contributed by atoms with Crippen molar-refractivity contribution in [1.82, 2.24) is 15.5 Å². The Morgan fingerprint density at radius 1 is 1.13 bits per heavy atom. The molecule has 0 saturated heterocycles. The molecule has 3 N–H and O–H groups in total. The summed E-state index contributed by atoms with van der Waals surface area (Å²) in [7, 11) is 0. The number of nitrogens with zero attached hydrogens (tertiary/aromatic N) is 1. The molecule has 2 aromatic carbocycles. The van der Waals surface area contributed by atoms with E-state index in [2.05, 4.69) is 15.5 Å². The molecule has 0 saturated carbocycles. The number of aliphatic hydroxyl groups is 1. The summed E-state index contributed by atoms with van der Waals surface area (Å²) in [6, 6.07) is 15.2. The molecule has 4 rings (SSSR count). The minimum Gasteiger partial charge on any atom is -0.394 e. The molecule has 6 heteroatoms. The number of halogens is 1. The van der Waals surface area contributed by atoms with Crippen LogP contribution in [0.2, 0.25) is 0 Å². The predicted molar refractivity (Wildman–Crippen MR) is 114 cm³/mol. The molecule has 1 aliphatic rings. The van der Waals surface area contributed by atoms with Crippen LogP contribution in [-0.2, 0) is 6.42 Å². The monoisotopic (exact) mass is 405 g/mol. The smallest absolute Gasteiger partial charge is 0.270 e. The fourth-order valence-electron chi connectivity index (χ4n) is 3.85. The Hall–Kier alpha value is -3.25. The Morgan fingerprint density at radius 2 is 1.87 bits per heavy atom. The van der Waals surface area contributed by atoms with Crippen LogP contribution in [0.4, 0.5) is 4.39 Å². The number of carbonyl (C=O) groups excluding carboxylic acids is 1. The molecular weight excluding hydrogens is 381 g/mol. The second kappa shape index (κ2) is 9.05. The number of nitrogens with one attached hydrogen (secondary N) is 2. The van der Waals surface area contributed by atoms with Gasteiger partial charge in [0.05, 0.1) is 18.3 Å². The van der Waals surface area contributed by atoms with Crippen molar-refractivity contribution in [3.63, 3.8) is 0 Å². The summed E-state index contributed by atoms with van der Waals surface area (Å²) >= 11 is 0. The van der Waals surface area contributed by atoms with Gasteiger partial charge in [0, 0.05) is 5.56 Å². The topological polar surface area (TPSA) is 78.0 Å². The van der Waals surface area contributed by atoms with Crippen molar-refractivity contribution in [3.8, 4) is 0 Å². The number of aromatic nitrogens is 2. The van der Waals surface area contributed by atoms with E-state index in [1.165, 1.54) is 12.1 Å². The first-order chi connectivity index (χ1) is 14.7. The highest BCUT2D eigenvalue weighted by Crippen LogP contribution is 2.31.